The number of anilines is 1. The molecule has 0 aliphatic carbocycles. The number of aryl methyl sites for hydroxylation is 1. The minimum atomic E-state index is -0.160. The van der Waals surface area contributed by atoms with E-state index in [0.717, 1.165) is 52.9 Å². The molecule has 0 spiro atoms. The minimum Gasteiger partial charge on any atom is -0.368 e. The Kier molecular flexibility index (Phi) is 6.39. The van der Waals surface area contributed by atoms with E-state index in [0.29, 0.717) is 29.4 Å². The molecule has 1 saturated heterocycles. The van der Waals surface area contributed by atoms with Crippen LogP contribution in [0.3, 0.4) is 0 Å². The number of hydrogen-bond donors (Lipinski definition) is 2. The van der Waals surface area contributed by atoms with Crippen LogP contribution in [0.2, 0.25) is 10.0 Å². The maximum atomic E-state index is 13.4. The van der Waals surface area contributed by atoms with Crippen LogP contribution in [0, 0.1) is 0 Å². The zero-order valence-electron chi connectivity index (χ0n) is 18.5. The van der Waals surface area contributed by atoms with Gasteiger partial charge in [0.15, 0.2) is 0 Å². The van der Waals surface area contributed by atoms with Crippen molar-refractivity contribution in [1.29, 1.82) is 0 Å². The van der Waals surface area contributed by atoms with Crippen molar-refractivity contribution in [2.75, 3.05) is 12.3 Å². The number of halogens is 2. The summed E-state index contributed by atoms with van der Waals surface area (Å²) in [6.07, 6.45) is 5.40. The minimum absolute atomic E-state index is 0.0717. The predicted molar refractivity (Wildman–Crippen MR) is 135 cm³/mol. The Balaban J connectivity index is 1.39. The highest BCUT2D eigenvalue weighted by atomic mass is 35.5. The lowest BCUT2D eigenvalue weighted by Crippen LogP contribution is -2.39. The fourth-order valence-electron chi connectivity index (χ4n) is 4.55. The number of carbonyl (C=O) groups is 1. The molecule has 2 aromatic carbocycles. The first-order valence-electron chi connectivity index (χ1n) is 11.3. The molecule has 5 rings (SSSR count). The maximum absolute atomic E-state index is 13.4. The van der Waals surface area contributed by atoms with Gasteiger partial charge in [-0.25, -0.2) is 15.0 Å². The van der Waals surface area contributed by atoms with E-state index in [4.69, 9.17) is 28.9 Å². The normalized spacial score (nSPS) is 16.2. The zero-order valence-corrected chi connectivity index (χ0v) is 20.0. The molecule has 4 aromatic rings. The number of aromatic nitrogens is 4. The summed E-state index contributed by atoms with van der Waals surface area (Å²) < 4.78 is 0. The van der Waals surface area contributed by atoms with Crippen LogP contribution < -0.4 is 5.73 Å². The van der Waals surface area contributed by atoms with Gasteiger partial charge in [-0.3, -0.25) is 4.79 Å². The highest BCUT2D eigenvalue weighted by molar-refractivity contribution is 6.31. The van der Waals surface area contributed by atoms with Gasteiger partial charge in [-0.1, -0.05) is 35.3 Å². The fraction of sp³-hybridized carbons (Fsp3) is 0.280. The number of nitrogens with one attached hydrogen (secondary N) is 1. The summed E-state index contributed by atoms with van der Waals surface area (Å²) >= 11 is 12.2. The van der Waals surface area contributed by atoms with Crippen LogP contribution in [0.25, 0.3) is 22.2 Å². The molecule has 3 heterocycles. The summed E-state index contributed by atoms with van der Waals surface area (Å²) in [5, 5.41) is 1.31. The van der Waals surface area contributed by atoms with Crippen molar-refractivity contribution in [3.63, 3.8) is 0 Å². The summed E-state index contributed by atoms with van der Waals surface area (Å²) in [5.41, 5.74) is 10.3. The van der Waals surface area contributed by atoms with Crippen LogP contribution in [0.4, 0.5) is 5.95 Å². The monoisotopic (exact) mass is 494 g/mol. The smallest absolute Gasteiger partial charge is 0.223 e. The Bertz CT molecular complexity index is 1340. The van der Waals surface area contributed by atoms with E-state index in [9.17, 15) is 4.79 Å². The number of nitrogens with zero attached hydrogens (tertiary/aromatic N) is 4. The molecule has 0 bridgehead atoms. The van der Waals surface area contributed by atoms with Gasteiger partial charge < -0.3 is 15.6 Å². The van der Waals surface area contributed by atoms with Crippen LogP contribution in [-0.2, 0) is 11.2 Å². The predicted octanol–water partition coefficient (Wildman–Crippen LogP) is 5.60. The lowest BCUT2D eigenvalue weighted by atomic mass is 9.93. The number of imidazole rings is 1. The van der Waals surface area contributed by atoms with Crippen LogP contribution in [0.1, 0.15) is 43.2 Å². The molecule has 1 fully saturated rings. The van der Waals surface area contributed by atoms with Gasteiger partial charge in [0.25, 0.3) is 0 Å². The van der Waals surface area contributed by atoms with Gasteiger partial charge >= 0.3 is 0 Å². The van der Waals surface area contributed by atoms with Gasteiger partial charge in [-0.2, -0.15) is 0 Å². The number of rotatable bonds is 5. The molecule has 174 valence electrons. The molecule has 0 saturated carbocycles. The molecule has 3 N–H and O–H groups in total. The number of fused-ring (bicyclic) bond motifs is 1. The van der Waals surface area contributed by atoms with Gasteiger partial charge in [0.05, 0.1) is 22.8 Å². The van der Waals surface area contributed by atoms with Crippen molar-refractivity contribution in [3.05, 3.63) is 70.2 Å². The summed E-state index contributed by atoms with van der Waals surface area (Å²) in [6.45, 7) is 0.684. The first-order chi connectivity index (χ1) is 16.5. The number of piperidine rings is 1. The van der Waals surface area contributed by atoms with E-state index < -0.39 is 0 Å². The molecule has 34 heavy (non-hydrogen) atoms. The van der Waals surface area contributed by atoms with E-state index >= 15 is 0 Å². The van der Waals surface area contributed by atoms with E-state index in [-0.39, 0.29) is 17.9 Å². The van der Waals surface area contributed by atoms with Crippen molar-refractivity contribution in [2.45, 2.75) is 38.1 Å². The topological polar surface area (TPSA) is 101 Å². The average Bonchev–Trinajstić information content (AvgIpc) is 3.25. The largest absolute Gasteiger partial charge is 0.368 e. The molecule has 2 aromatic heterocycles. The lowest BCUT2D eigenvalue weighted by molar-refractivity contribution is -0.135. The van der Waals surface area contributed by atoms with Crippen LogP contribution >= 0.6 is 23.2 Å². The quantitative estimate of drug-likeness (QED) is 0.376. The van der Waals surface area contributed by atoms with Gasteiger partial charge in [-0.15, -0.1) is 0 Å². The summed E-state index contributed by atoms with van der Waals surface area (Å²) in [7, 11) is 0. The second-order valence-corrected chi connectivity index (χ2v) is 9.35. The summed E-state index contributed by atoms with van der Waals surface area (Å²) in [6, 6.07) is 12.9. The zero-order chi connectivity index (χ0) is 23.7. The van der Waals surface area contributed by atoms with Gasteiger partial charge in [0, 0.05) is 41.2 Å². The number of nitrogen functional groups attached to an aromatic ring is 1. The fourth-order valence-corrected chi connectivity index (χ4v) is 4.85. The Morgan fingerprint density at radius 3 is 2.71 bits per heavy atom. The third kappa shape index (κ3) is 4.72. The maximum Gasteiger partial charge on any atom is 0.223 e. The standard InChI is InChI=1S/C25H24Cl2N6O/c26-16-6-4-15(5-7-16)18-14-29-25(28)32-24(18)21-3-1-2-12-33(21)23(34)11-10-22-30-19-9-8-17(27)13-20(19)31-22/h4-9,13-14,21H,1-3,10-12H2,(H,30,31)(H2,28,29,32). The lowest BCUT2D eigenvalue weighted by Gasteiger charge is -2.36. The number of hydrogen-bond acceptors (Lipinski definition) is 5. The first-order valence-corrected chi connectivity index (χ1v) is 12.1. The Labute approximate surface area is 207 Å². The molecular formula is C25H24Cl2N6O. The Morgan fingerprint density at radius 2 is 1.88 bits per heavy atom. The highest BCUT2D eigenvalue weighted by Crippen LogP contribution is 2.36. The molecule has 9 heteroatoms. The second-order valence-electron chi connectivity index (χ2n) is 8.48. The number of amides is 1. The second kappa shape index (κ2) is 9.60. The number of nitrogens with two attached hydrogens (primary N) is 1. The molecule has 1 aliphatic heterocycles. The summed E-state index contributed by atoms with van der Waals surface area (Å²) in [4.78, 5) is 32.0. The molecular weight excluding hydrogens is 471 g/mol. The average molecular weight is 495 g/mol. The SMILES string of the molecule is Nc1ncc(-c2ccc(Cl)cc2)c(C2CCCCN2C(=O)CCc2nc3ccc(Cl)cc3[nH]2)n1. The van der Waals surface area contributed by atoms with E-state index in [1.165, 1.54) is 0 Å². The number of benzene rings is 2. The van der Waals surface area contributed by atoms with Crippen molar-refractivity contribution < 1.29 is 4.79 Å². The molecule has 7 nitrogen and oxygen atoms in total. The molecule has 1 aliphatic rings. The highest BCUT2D eigenvalue weighted by Gasteiger charge is 2.31. The van der Waals surface area contributed by atoms with Crippen molar-refractivity contribution in [3.8, 4) is 11.1 Å². The van der Waals surface area contributed by atoms with Gasteiger partial charge in [-0.05, 0) is 55.2 Å². The third-order valence-corrected chi connectivity index (χ3v) is 6.69. The van der Waals surface area contributed by atoms with Crippen LogP contribution in [0.5, 0.6) is 0 Å². The number of H-pyrrole nitrogens is 1. The Hall–Kier alpha value is -3.16. The summed E-state index contributed by atoms with van der Waals surface area (Å²) in [5.74, 6) is 1.04. The van der Waals surface area contributed by atoms with Gasteiger partial charge in [0.2, 0.25) is 11.9 Å². The molecule has 1 amide bonds. The number of aromatic amines is 1. The van der Waals surface area contributed by atoms with Crippen molar-refractivity contribution in [1.82, 2.24) is 24.8 Å². The molecule has 1 atom stereocenters. The van der Waals surface area contributed by atoms with Crippen LogP contribution in [-0.4, -0.2) is 37.3 Å². The molecule has 0 radical (unpaired) electrons. The van der Waals surface area contributed by atoms with Crippen LogP contribution in [0.15, 0.2) is 48.7 Å². The third-order valence-electron chi connectivity index (χ3n) is 6.20. The number of likely N-dealkylation sites (tertiary alicyclic amines) is 1. The van der Waals surface area contributed by atoms with E-state index in [1.54, 1.807) is 6.20 Å². The van der Waals surface area contributed by atoms with E-state index in [2.05, 4.69) is 19.9 Å². The van der Waals surface area contributed by atoms with E-state index in [1.807, 2.05) is 47.4 Å². The van der Waals surface area contributed by atoms with Crippen molar-refractivity contribution in [2.24, 2.45) is 0 Å². The number of carbonyl (C=O) groups excluding carboxylic acids is 1. The van der Waals surface area contributed by atoms with Crippen molar-refractivity contribution >= 4 is 46.1 Å². The first kappa shape index (κ1) is 22.6. The molecule has 1 unspecified atom stereocenters. The van der Waals surface area contributed by atoms with Gasteiger partial charge in [0.1, 0.15) is 5.82 Å². The Morgan fingerprint density at radius 1 is 1.09 bits per heavy atom.